The van der Waals surface area contributed by atoms with E-state index in [0.717, 1.165) is 12.8 Å². The minimum Gasteiger partial charge on any atom is -0.312 e. The summed E-state index contributed by atoms with van der Waals surface area (Å²) in [5.41, 5.74) is 0. The van der Waals surface area contributed by atoms with Gasteiger partial charge < -0.3 is 4.90 Å². The maximum atomic E-state index is 11.1. The Hall–Kier alpha value is -1.06. The Kier molecular flexibility index (Phi) is 2.68. The fourth-order valence-corrected chi connectivity index (χ4v) is 1.48. The quantitative estimate of drug-likeness (QED) is 0.635. The van der Waals surface area contributed by atoms with E-state index in [4.69, 9.17) is 0 Å². The first-order chi connectivity index (χ1) is 5.69. The molecule has 1 fully saturated rings. The normalized spacial score (nSPS) is 17.4. The van der Waals surface area contributed by atoms with E-state index in [1.54, 1.807) is 4.90 Å². The predicted octanol–water partition coefficient (Wildman–Crippen LogP) is 0.727. The molecule has 0 aromatic carbocycles. The average molecular weight is 170 g/mol. The van der Waals surface area contributed by atoms with Crippen molar-refractivity contribution in [2.75, 3.05) is 6.54 Å². The number of hydrogen-bond donors (Lipinski definition) is 1. The summed E-state index contributed by atoms with van der Waals surface area (Å²) in [6, 6.07) is -0.0369. The fourth-order valence-electron chi connectivity index (χ4n) is 1.48. The zero-order valence-corrected chi connectivity index (χ0v) is 7.46. The molecule has 1 saturated heterocycles. The SMILES string of the molecule is CCC(CC)N1CC(=O)NC1=O. The van der Waals surface area contributed by atoms with Crippen molar-refractivity contribution in [3.63, 3.8) is 0 Å². The molecule has 0 saturated carbocycles. The van der Waals surface area contributed by atoms with Crippen LogP contribution in [0.1, 0.15) is 26.7 Å². The summed E-state index contributed by atoms with van der Waals surface area (Å²) in [4.78, 5) is 23.6. The zero-order valence-electron chi connectivity index (χ0n) is 7.46. The van der Waals surface area contributed by atoms with Crippen molar-refractivity contribution in [1.29, 1.82) is 0 Å². The number of nitrogens with zero attached hydrogens (tertiary/aromatic N) is 1. The molecule has 0 bridgehead atoms. The molecular weight excluding hydrogens is 156 g/mol. The van der Waals surface area contributed by atoms with E-state index in [0.29, 0.717) is 0 Å². The van der Waals surface area contributed by atoms with Gasteiger partial charge in [0.15, 0.2) is 0 Å². The highest BCUT2D eigenvalue weighted by atomic mass is 16.2. The molecule has 68 valence electrons. The van der Waals surface area contributed by atoms with Crippen LogP contribution in [0.15, 0.2) is 0 Å². The number of urea groups is 1. The fraction of sp³-hybridized carbons (Fsp3) is 0.750. The summed E-state index contributed by atoms with van der Waals surface area (Å²) in [6.07, 6.45) is 1.80. The zero-order chi connectivity index (χ0) is 9.14. The second kappa shape index (κ2) is 3.56. The maximum absolute atomic E-state index is 11.1. The molecule has 12 heavy (non-hydrogen) atoms. The third-order valence-electron chi connectivity index (χ3n) is 2.20. The Labute approximate surface area is 71.9 Å². The van der Waals surface area contributed by atoms with Gasteiger partial charge in [0.25, 0.3) is 0 Å². The van der Waals surface area contributed by atoms with Gasteiger partial charge in [-0.15, -0.1) is 0 Å². The minimum atomic E-state index is -0.242. The number of rotatable bonds is 3. The molecule has 0 unspecified atom stereocenters. The third kappa shape index (κ3) is 1.57. The van der Waals surface area contributed by atoms with Crippen molar-refractivity contribution in [2.24, 2.45) is 0 Å². The highest BCUT2D eigenvalue weighted by Crippen LogP contribution is 2.11. The van der Waals surface area contributed by atoms with E-state index in [1.165, 1.54) is 0 Å². The number of hydrogen-bond acceptors (Lipinski definition) is 2. The maximum Gasteiger partial charge on any atom is 0.324 e. The van der Waals surface area contributed by atoms with Crippen LogP contribution in [0.3, 0.4) is 0 Å². The van der Waals surface area contributed by atoms with Crippen LogP contribution in [0.25, 0.3) is 0 Å². The highest BCUT2D eigenvalue weighted by molar-refractivity contribution is 6.02. The first-order valence-corrected chi connectivity index (χ1v) is 4.29. The molecule has 1 N–H and O–H groups in total. The third-order valence-corrected chi connectivity index (χ3v) is 2.20. The molecule has 4 heteroatoms. The predicted molar refractivity (Wildman–Crippen MR) is 44.6 cm³/mol. The van der Waals surface area contributed by atoms with Crippen LogP contribution in [0, 0.1) is 0 Å². The van der Waals surface area contributed by atoms with Crippen molar-refractivity contribution < 1.29 is 9.59 Å². The van der Waals surface area contributed by atoms with E-state index >= 15 is 0 Å². The van der Waals surface area contributed by atoms with E-state index in [1.807, 2.05) is 13.8 Å². The molecule has 0 spiro atoms. The highest BCUT2D eigenvalue weighted by Gasteiger charge is 2.30. The van der Waals surface area contributed by atoms with Crippen LogP contribution in [0.5, 0.6) is 0 Å². The summed E-state index contributed by atoms with van der Waals surface area (Å²) in [6.45, 7) is 4.26. The Bertz CT molecular complexity index is 199. The molecule has 0 aliphatic carbocycles. The molecule has 3 amide bonds. The monoisotopic (exact) mass is 170 g/mol. The summed E-state index contributed by atoms with van der Waals surface area (Å²) in [5, 5.41) is 2.26. The Morgan fingerprint density at radius 3 is 2.33 bits per heavy atom. The van der Waals surface area contributed by atoms with Crippen LogP contribution in [0.2, 0.25) is 0 Å². The van der Waals surface area contributed by atoms with Crippen molar-refractivity contribution in [1.82, 2.24) is 10.2 Å². The molecule has 0 aromatic rings. The Morgan fingerprint density at radius 2 is 2.00 bits per heavy atom. The van der Waals surface area contributed by atoms with Gasteiger partial charge in [0.2, 0.25) is 5.91 Å². The van der Waals surface area contributed by atoms with E-state index in [2.05, 4.69) is 5.32 Å². The van der Waals surface area contributed by atoms with Gasteiger partial charge >= 0.3 is 6.03 Å². The lowest BCUT2D eigenvalue weighted by molar-refractivity contribution is -0.118. The number of nitrogens with one attached hydrogen (secondary N) is 1. The van der Waals surface area contributed by atoms with Crippen molar-refractivity contribution in [3.05, 3.63) is 0 Å². The van der Waals surface area contributed by atoms with Gasteiger partial charge in [-0.25, -0.2) is 4.79 Å². The largest absolute Gasteiger partial charge is 0.324 e. The summed E-state index contributed by atoms with van der Waals surface area (Å²) in [5.74, 6) is -0.188. The van der Waals surface area contributed by atoms with Crippen LogP contribution in [0.4, 0.5) is 4.79 Å². The number of imide groups is 1. The topological polar surface area (TPSA) is 49.4 Å². The standard InChI is InChI=1S/C8H14N2O2/c1-3-6(4-2)10-5-7(11)9-8(10)12/h6H,3-5H2,1-2H3,(H,9,11,12). The molecular formula is C8H14N2O2. The van der Waals surface area contributed by atoms with E-state index in [-0.39, 0.29) is 24.5 Å². The molecule has 1 aliphatic heterocycles. The molecule has 1 heterocycles. The number of amides is 3. The first-order valence-electron chi connectivity index (χ1n) is 4.29. The molecule has 1 rings (SSSR count). The minimum absolute atomic E-state index is 0.188. The lowest BCUT2D eigenvalue weighted by atomic mass is 10.1. The van der Waals surface area contributed by atoms with E-state index < -0.39 is 0 Å². The van der Waals surface area contributed by atoms with Gasteiger partial charge in [-0.1, -0.05) is 13.8 Å². The first kappa shape index (κ1) is 9.03. The molecule has 0 radical (unpaired) electrons. The van der Waals surface area contributed by atoms with Crippen LogP contribution in [-0.4, -0.2) is 29.4 Å². The average Bonchev–Trinajstić information content (AvgIpc) is 2.34. The number of carbonyl (C=O) groups is 2. The summed E-state index contributed by atoms with van der Waals surface area (Å²) in [7, 11) is 0. The van der Waals surface area contributed by atoms with Gasteiger partial charge in [0.05, 0.1) is 0 Å². The lowest BCUT2D eigenvalue weighted by Crippen LogP contribution is -2.37. The van der Waals surface area contributed by atoms with Gasteiger partial charge in [0.1, 0.15) is 6.54 Å². The second-order valence-electron chi connectivity index (χ2n) is 2.95. The Balaban J connectivity index is 2.62. The number of carbonyl (C=O) groups excluding carboxylic acids is 2. The van der Waals surface area contributed by atoms with Gasteiger partial charge in [-0.05, 0) is 12.8 Å². The van der Waals surface area contributed by atoms with Crippen LogP contribution >= 0.6 is 0 Å². The van der Waals surface area contributed by atoms with Gasteiger partial charge in [-0.2, -0.15) is 0 Å². The molecule has 4 nitrogen and oxygen atoms in total. The van der Waals surface area contributed by atoms with Crippen molar-refractivity contribution in [2.45, 2.75) is 32.7 Å². The second-order valence-corrected chi connectivity index (χ2v) is 2.95. The van der Waals surface area contributed by atoms with Crippen LogP contribution < -0.4 is 5.32 Å². The van der Waals surface area contributed by atoms with Gasteiger partial charge in [-0.3, -0.25) is 10.1 Å². The Morgan fingerprint density at radius 1 is 1.42 bits per heavy atom. The van der Waals surface area contributed by atoms with Gasteiger partial charge in [0, 0.05) is 6.04 Å². The van der Waals surface area contributed by atoms with Crippen molar-refractivity contribution in [3.8, 4) is 0 Å². The molecule has 0 atom stereocenters. The van der Waals surface area contributed by atoms with Crippen LogP contribution in [-0.2, 0) is 4.79 Å². The smallest absolute Gasteiger partial charge is 0.312 e. The molecule has 1 aliphatic rings. The lowest BCUT2D eigenvalue weighted by Gasteiger charge is -2.23. The summed E-state index contributed by atoms with van der Waals surface area (Å²) >= 11 is 0. The summed E-state index contributed by atoms with van der Waals surface area (Å²) < 4.78 is 0. The van der Waals surface area contributed by atoms with Crippen molar-refractivity contribution >= 4 is 11.9 Å². The van der Waals surface area contributed by atoms with E-state index in [9.17, 15) is 9.59 Å². The molecule has 0 aromatic heterocycles.